The van der Waals surface area contributed by atoms with Crippen molar-refractivity contribution in [1.29, 1.82) is 0 Å². The molecule has 0 fully saturated rings. The number of hydrogen-bond acceptors (Lipinski definition) is 2. The number of carbonyl (C=O) groups is 1. The summed E-state index contributed by atoms with van der Waals surface area (Å²) in [7, 11) is 0. The molecule has 21 heavy (non-hydrogen) atoms. The van der Waals surface area contributed by atoms with Gasteiger partial charge in [0.05, 0.1) is 12.1 Å². The lowest BCUT2D eigenvalue weighted by Gasteiger charge is -2.32. The number of nitrogens with one attached hydrogen (secondary N) is 1. The quantitative estimate of drug-likeness (QED) is 0.898. The van der Waals surface area contributed by atoms with Crippen molar-refractivity contribution in [1.82, 2.24) is 5.32 Å². The number of halogens is 1. The Morgan fingerprint density at radius 3 is 2.24 bits per heavy atom. The zero-order chi connectivity index (χ0) is 14.9. The van der Waals surface area contributed by atoms with Crippen molar-refractivity contribution in [3.05, 3.63) is 69.7 Å². The van der Waals surface area contributed by atoms with E-state index >= 15 is 0 Å². The van der Waals surface area contributed by atoms with Gasteiger partial charge in [-0.3, -0.25) is 4.79 Å². The van der Waals surface area contributed by atoms with Gasteiger partial charge in [-0.05, 0) is 22.8 Å². The SMILES string of the molecule is NCC(=O)NC1(c2ccccc2Br)Cc2ccccc2C1. The van der Waals surface area contributed by atoms with Gasteiger partial charge in [-0.25, -0.2) is 0 Å². The Morgan fingerprint density at radius 2 is 1.67 bits per heavy atom. The van der Waals surface area contributed by atoms with Crippen LogP contribution in [0.2, 0.25) is 0 Å². The maximum absolute atomic E-state index is 12.0. The maximum atomic E-state index is 12.0. The van der Waals surface area contributed by atoms with E-state index in [-0.39, 0.29) is 12.5 Å². The fraction of sp³-hybridized carbons (Fsp3) is 0.235. The van der Waals surface area contributed by atoms with Crippen LogP contribution in [0, 0.1) is 0 Å². The minimum atomic E-state index is -0.416. The molecule has 2 aromatic rings. The molecular formula is C17H17BrN2O. The van der Waals surface area contributed by atoms with Gasteiger partial charge in [-0.2, -0.15) is 0 Å². The Kier molecular flexibility index (Phi) is 3.83. The molecule has 3 N–H and O–H groups in total. The van der Waals surface area contributed by atoms with Gasteiger partial charge >= 0.3 is 0 Å². The predicted octanol–water partition coefficient (Wildman–Crippen LogP) is 2.52. The molecule has 0 bridgehead atoms. The van der Waals surface area contributed by atoms with Crippen molar-refractivity contribution in [2.24, 2.45) is 5.73 Å². The molecule has 1 aliphatic carbocycles. The first-order valence-corrected chi connectivity index (χ1v) is 7.77. The van der Waals surface area contributed by atoms with Crippen LogP contribution >= 0.6 is 15.9 Å². The lowest BCUT2D eigenvalue weighted by molar-refractivity contribution is -0.121. The summed E-state index contributed by atoms with van der Waals surface area (Å²) < 4.78 is 1.01. The number of carbonyl (C=O) groups excluding carboxylic acids is 1. The number of nitrogens with two attached hydrogens (primary N) is 1. The predicted molar refractivity (Wildman–Crippen MR) is 86.9 cm³/mol. The van der Waals surface area contributed by atoms with Gasteiger partial charge in [-0.1, -0.05) is 58.4 Å². The van der Waals surface area contributed by atoms with Crippen LogP contribution in [0.1, 0.15) is 16.7 Å². The van der Waals surface area contributed by atoms with Gasteiger partial charge < -0.3 is 11.1 Å². The lowest BCUT2D eigenvalue weighted by atomic mass is 9.86. The van der Waals surface area contributed by atoms with Crippen LogP contribution in [0.4, 0.5) is 0 Å². The minimum absolute atomic E-state index is 0.00253. The van der Waals surface area contributed by atoms with Crippen molar-refractivity contribution in [3.63, 3.8) is 0 Å². The van der Waals surface area contributed by atoms with Crippen molar-refractivity contribution in [2.75, 3.05) is 6.54 Å². The Balaban J connectivity index is 2.06. The molecule has 1 amide bonds. The monoisotopic (exact) mass is 344 g/mol. The minimum Gasteiger partial charge on any atom is -0.345 e. The van der Waals surface area contributed by atoms with Crippen LogP contribution < -0.4 is 11.1 Å². The second-order valence-corrected chi connectivity index (χ2v) is 6.29. The summed E-state index contributed by atoms with van der Waals surface area (Å²) in [6.45, 7) is 0.00253. The fourth-order valence-electron chi connectivity index (χ4n) is 3.13. The number of rotatable bonds is 3. The van der Waals surface area contributed by atoms with Gasteiger partial charge in [0.1, 0.15) is 0 Å². The molecule has 0 aromatic heterocycles. The third kappa shape index (κ3) is 2.61. The molecule has 3 rings (SSSR count). The molecule has 0 saturated heterocycles. The van der Waals surface area contributed by atoms with Crippen LogP contribution in [0.15, 0.2) is 53.0 Å². The van der Waals surface area contributed by atoms with E-state index in [9.17, 15) is 4.79 Å². The molecular weight excluding hydrogens is 328 g/mol. The van der Waals surface area contributed by atoms with Gasteiger partial charge in [-0.15, -0.1) is 0 Å². The van der Waals surface area contributed by atoms with E-state index in [4.69, 9.17) is 5.73 Å². The topological polar surface area (TPSA) is 55.1 Å². The van der Waals surface area contributed by atoms with Gasteiger partial charge in [0.15, 0.2) is 0 Å². The molecule has 2 aromatic carbocycles. The summed E-state index contributed by atoms with van der Waals surface area (Å²) in [5.74, 6) is -0.126. The molecule has 0 radical (unpaired) electrons. The Labute approximate surface area is 132 Å². The maximum Gasteiger partial charge on any atom is 0.234 e. The molecule has 4 heteroatoms. The van der Waals surface area contributed by atoms with Crippen molar-refractivity contribution in [2.45, 2.75) is 18.4 Å². The molecule has 3 nitrogen and oxygen atoms in total. The standard InChI is InChI=1S/C17H17BrN2O/c18-15-8-4-3-7-14(15)17(20-16(21)11-19)9-12-5-1-2-6-13(12)10-17/h1-8H,9-11,19H2,(H,20,21). The van der Waals surface area contributed by atoms with Crippen LogP contribution in [-0.4, -0.2) is 12.5 Å². The smallest absolute Gasteiger partial charge is 0.234 e. The highest BCUT2D eigenvalue weighted by Crippen LogP contribution is 2.40. The van der Waals surface area contributed by atoms with E-state index in [2.05, 4.69) is 39.4 Å². The van der Waals surface area contributed by atoms with E-state index in [0.717, 1.165) is 22.9 Å². The van der Waals surface area contributed by atoms with E-state index in [1.165, 1.54) is 11.1 Å². The van der Waals surface area contributed by atoms with E-state index in [1.807, 2.05) is 30.3 Å². The number of fused-ring (bicyclic) bond motifs is 1. The molecule has 0 saturated carbocycles. The summed E-state index contributed by atoms with van der Waals surface area (Å²) in [5, 5.41) is 3.15. The van der Waals surface area contributed by atoms with E-state index in [1.54, 1.807) is 0 Å². The highest BCUT2D eigenvalue weighted by Gasteiger charge is 2.40. The molecule has 0 unspecified atom stereocenters. The zero-order valence-corrected chi connectivity index (χ0v) is 13.2. The van der Waals surface area contributed by atoms with E-state index in [0.29, 0.717) is 0 Å². The van der Waals surface area contributed by atoms with Gasteiger partial charge in [0, 0.05) is 17.3 Å². The fourth-order valence-corrected chi connectivity index (χ4v) is 3.79. The van der Waals surface area contributed by atoms with Gasteiger partial charge in [0.25, 0.3) is 0 Å². The number of benzene rings is 2. The third-order valence-electron chi connectivity index (χ3n) is 4.06. The van der Waals surface area contributed by atoms with Crippen LogP contribution in [0.25, 0.3) is 0 Å². The second kappa shape index (κ2) is 5.62. The number of hydrogen-bond donors (Lipinski definition) is 2. The molecule has 0 spiro atoms. The van der Waals surface area contributed by atoms with Crippen molar-refractivity contribution >= 4 is 21.8 Å². The zero-order valence-electron chi connectivity index (χ0n) is 11.6. The van der Waals surface area contributed by atoms with Crippen LogP contribution in [-0.2, 0) is 23.2 Å². The summed E-state index contributed by atoms with van der Waals surface area (Å²) in [4.78, 5) is 12.0. The van der Waals surface area contributed by atoms with Gasteiger partial charge in [0.2, 0.25) is 5.91 Å². The van der Waals surface area contributed by atoms with Crippen molar-refractivity contribution < 1.29 is 4.79 Å². The summed E-state index contributed by atoms with van der Waals surface area (Å²) in [5.41, 5.74) is 8.76. The highest BCUT2D eigenvalue weighted by molar-refractivity contribution is 9.10. The molecule has 0 atom stereocenters. The average Bonchev–Trinajstić information content (AvgIpc) is 2.86. The summed E-state index contributed by atoms with van der Waals surface area (Å²) in [6.07, 6.45) is 1.58. The normalized spacial score (nSPS) is 15.5. The Morgan fingerprint density at radius 1 is 1.10 bits per heavy atom. The summed E-state index contributed by atoms with van der Waals surface area (Å²) in [6, 6.07) is 16.4. The number of amides is 1. The first-order valence-electron chi connectivity index (χ1n) is 6.97. The summed E-state index contributed by atoms with van der Waals surface area (Å²) >= 11 is 3.62. The molecule has 0 heterocycles. The second-order valence-electron chi connectivity index (χ2n) is 5.44. The van der Waals surface area contributed by atoms with Crippen molar-refractivity contribution in [3.8, 4) is 0 Å². The first-order chi connectivity index (χ1) is 10.1. The highest BCUT2D eigenvalue weighted by atomic mass is 79.9. The average molecular weight is 345 g/mol. The molecule has 0 aliphatic heterocycles. The Hall–Kier alpha value is -1.65. The van der Waals surface area contributed by atoms with Crippen LogP contribution in [0.5, 0.6) is 0 Å². The lowest BCUT2D eigenvalue weighted by Crippen LogP contribution is -2.49. The molecule has 1 aliphatic rings. The largest absolute Gasteiger partial charge is 0.345 e. The Bertz CT molecular complexity index is 659. The van der Waals surface area contributed by atoms with Crippen LogP contribution in [0.3, 0.4) is 0 Å². The first kappa shape index (κ1) is 14.3. The van der Waals surface area contributed by atoms with E-state index < -0.39 is 5.54 Å². The molecule has 108 valence electrons. The third-order valence-corrected chi connectivity index (χ3v) is 4.75.